The second-order valence-electron chi connectivity index (χ2n) is 6.15. The number of rotatable bonds is 5. The first-order valence-electron chi connectivity index (χ1n) is 6.45. The fourth-order valence-electron chi connectivity index (χ4n) is 1.72. The van der Waals surface area contributed by atoms with Crippen molar-refractivity contribution < 1.29 is 9.50 Å². The number of benzene rings is 1. The molecule has 1 rings (SSSR count). The lowest BCUT2D eigenvalue weighted by atomic mass is 9.96. The third-order valence-corrected chi connectivity index (χ3v) is 2.81. The third kappa shape index (κ3) is 5.61. The molecule has 2 unspecified atom stereocenters. The molecule has 0 fully saturated rings. The Hall–Kier alpha value is -0.930. The zero-order valence-electron chi connectivity index (χ0n) is 11.7. The first-order chi connectivity index (χ1) is 8.28. The summed E-state index contributed by atoms with van der Waals surface area (Å²) in [6.07, 6.45) is 0.0786. The van der Waals surface area contributed by atoms with E-state index in [0.29, 0.717) is 6.42 Å². The fraction of sp³-hybridized carbons (Fsp3) is 0.600. The van der Waals surface area contributed by atoms with Gasteiger partial charge in [0.15, 0.2) is 0 Å². The van der Waals surface area contributed by atoms with Crippen LogP contribution in [0.5, 0.6) is 0 Å². The molecule has 0 heterocycles. The van der Waals surface area contributed by atoms with Gasteiger partial charge in [-0.3, -0.25) is 0 Å². The van der Waals surface area contributed by atoms with E-state index in [1.54, 1.807) is 12.1 Å². The standard InChI is InChI=1S/C15H24FNO/c1-11(17-10-15(2,3)4)9-14(18)12-5-7-13(16)8-6-12/h5-8,11,14,17-18H,9-10H2,1-4H3. The zero-order valence-corrected chi connectivity index (χ0v) is 11.7. The Bertz CT molecular complexity index is 356. The number of nitrogens with one attached hydrogen (secondary N) is 1. The van der Waals surface area contributed by atoms with Crippen LogP contribution >= 0.6 is 0 Å². The molecule has 0 saturated heterocycles. The molecule has 0 bridgehead atoms. The number of halogens is 1. The Morgan fingerprint density at radius 3 is 2.28 bits per heavy atom. The van der Waals surface area contributed by atoms with E-state index in [1.807, 2.05) is 0 Å². The van der Waals surface area contributed by atoms with Crippen molar-refractivity contribution in [1.82, 2.24) is 5.32 Å². The summed E-state index contributed by atoms with van der Waals surface area (Å²) in [7, 11) is 0. The average molecular weight is 253 g/mol. The van der Waals surface area contributed by atoms with Gasteiger partial charge in [0.2, 0.25) is 0 Å². The van der Waals surface area contributed by atoms with E-state index in [1.165, 1.54) is 12.1 Å². The molecule has 0 aliphatic heterocycles. The molecule has 0 radical (unpaired) electrons. The van der Waals surface area contributed by atoms with Crippen molar-refractivity contribution in [2.75, 3.05) is 6.54 Å². The van der Waals surface area contributed by atoms with E-state index >= 15 is 0 Å². The van der Waals surface area contributed by atoms with Crippen LogP contribution in [0.15, 0.2) is 24.3 Å². The SMILES string of the molecule is CC(CC(O)c1ccc(F)cc1)NCC(C)(C)C. The lowest BCUT2D eigenvalue weighted by molar-refractivity contribution is 0.151. The van der Waals surface area contributed by atoms with Gasteiger partial charge in [0.05, 0.1) is 6.10 Å². The van der Waals surface area contributed by atoms with E-state index < -0.39 is 6.10 Å². The quantitative estimate of drug-likeness (QED) is 0.844. The first kappa shape index (κ1) is 15.1. The van der Waals surface area contributed by atoms with E-state index in [2.05, 4.69) is 33.0 Å². The van der Waals surface area contributed by atoms with E-state index in [4.69, 9.17) is 0 Å². The zero-order chi connectivity index (χ0) is 13.8. The molecule has 1 aromatic carbocycles. The van der Waals surface area contributed by atoms with Gasteiger partial charge in [-0.1, -0.05) is 32.9 Å². The van der Waals surface area contributed by atoms with Gasteiger partial charge in [-0.25, -0.2) is 4.39 Å². The molecule has 3 heteroatoms. The maximum absolute atomic E-state index is 12.8. The summed E-state index contributed by atoms with van der Waals surface area (Å²) in [5.74, 6) is -0.273. The van der Waals surface area contributed by atoms with Crippen molar-refractivity contribution in [3.8, 4) is 0 Å². The summed E-state index contributed by atoms with van der Waals surface area (Å²) in [6, 6.07) is 6.26. The van der Waals surface area contributed by atoms with Crippen LogP contribution in [0.4, 0.5) is 4.39 Å². The van der Waals surface area contributed by atoms with Gasteiger partial charge in [-0.15, -0.1) is 0 Å². The predicted molar refractivity (Wildman–Crippen MR) is 72.9 cm³/mol. The molecule has 18 heavy (non-hydrogen) atoms. The second kappa shape index (κ2) is 6.30. The monoisotopic (exact) mass is 253 g/mol. The Kier molecular flexibility index (Phi) is 5.29. The Morgan fingerprint density at radius 2 is 1.78 bits per heavy atom. The largest absolute Gasteiger partial charge is 0.388 e. The smallest absolute Gasteiger partial charge is 0.123 e. The molecule has 102 valence electrons. The third-order valence-electron chi connectivity index (χ3n) is 2.81. The summed E-state index contributed by atoms with van der Waals surface area (Å²) < 4.78 is 12.8. The Balaban J connectivity index is 2.44. The van der Waals surface area contributed by atoms with Crippen LogP contribution in [0.25, 0.3) is 0 Å². The van der Waals surface area contributed by atoms with Crippen LogP contribution in [-0.2, 0) is 0 Å². The highest BCUT2D eigenvalue weighted by Gasteiger charge is 2.15. The molecule has 0 amide bonds. The van der Waals surface area contributed by atoms with Crippen LogP contribution in [0.3, 0.4) is 0 Å². The minimum Gasteiger partial charge on any atom is -0.388 e. The number of hydrogen-bond donors (Lipinski definition) is 2. The predicted octanol–water partition coefficient (Wildman–Crippen LogP) is 3.27. The molecule has 2 atom stereocenters. The lowest BCUT2D eigenvalue weighted by Gasteiger charge is -2.24. The summed E-state index contributed by atoms with van der Waals surface area (Å²) >= 11 is 0. The number of aliphatic hydroxyl groups is 1. The van der Waals surface area contributed by atoms with Crippen LogP contribution in [0, 0.1) is 11.2 Å². The molecular formula is C15H24FNO. The molecule has 2 N–H and O–H groups in total. The molecule has 0 saturated carbocycles. The van der Waals surface area contributed by atoms with Crippen molar-refractivity contribution in [3.05, 3.63) is 35.6 Å². The van der Waals surface area contributed by atoms with Gasteiger partial charge in [-0.05, 0) is 36.5 Å². The van der Waals surface area contributed by atoms with Gasteiger partial charge < -0.3 is 10.4 Å². The van der Waals surface area contributed by atoms with Crippen LogP contribution < -0.4 is 5.32 Å². The van der Waals surface area contributed by atoms with Crippen LogP contribution in [0.1, 0.15) is 45.8 Å². The van der Waals surface area contributed by atoms with Crippen LogP contribution in [-0.4, -0.2) is 17.7 Å². The highest BCUT2D eigenvalue weighted by Crippen LogP contribution is 2.19. The van der Waals surface area contributed by atoms with Crippen LogP contribution in [0.2, 0.25) is 0 Å². The molecule has 0 aliphatic carbocycles. The van der Waals surface area contributed by atoms with Crippen molar-refractivity contribution in [2.45, 2.75) is 46.3 Å². The maximum atomic E-state index is 12.8. The average Bonchev–Trinajstić information content (AvgIpc) is 2.26. The number of hydrogen-bond acceptors (Lipinski definition) is 2. The highest BCUT2D eigenvalue weighted by molar-refractivity contribution is 5.18. The number of aliphatic hydroxyl groups excluding tert-OH is 1. The van der Waals surface area contributed by atoms with Crippen molar-refractivity contribution in [2.24, 2.45) is 5.41 Å². The van der Waals surface area contributed by atoms with Gasteiger partial charge in [0.25, 0.3) is 0 Å². The Morgan fingerprint density at radius 1 is 1.22 bits per heavy atom. The van der Waals surface area contributed by atoms with Gasteiger partial charge in [0.1, 0.15) is 5.82 Å². The van der Waals surface area contributed by atoms with Gasteiger partial charge in [0, 0.05) is 12.6 Å². The van der Waals surface area contributed by atoms with E-state index in [-0.39, 0.29) is 17.3 Å². The summed E-state index contributed by atoms with van der Waals surface area (Å²) in [4.78, 5) is 0. The minimum absolute atomic E-state index is 0.226. The Labute approximate surface area is 109 Å². The summed E-state index contributed by atoms with van der Waals surface area (Å²) in [5.41, 5.74) is 0.996. The first-order valence-corrected chi connectivity index (χ1v) is 6.45. The van der Waals surface area contributed by atoms with Crippen molar-refractivity contribution in [3.63, 3.8) is 0 Å². The maximum Gasteiger partial charge on any atom is 0.123 e. The molecule has 0 aliphatic rings. The normalized spacial score (nSPS) is 15.4. The van der Waals surface area contributed by atoms with Crippen molar-refractivity contribution >= 4 is 0 Å². The summed E-state index contributed by atoms with van der Waals surface area (Å²) in [5, 5.41) is 13.4. The molecule has 0 spiro atoms. The fourth-order valence-corrected chi connectivity index (χ4v) is 1.72. The second-order valence-corrected chi connectivity index (χ2v) is 6.15. The minimum atomic E-state index is -0.548. The van der Waals surface area contributed by atoms with Crippen molar-refractivity contribution in [1.29, 1.82) is 0 Å². The molecule has 1 aromatic rings. The molecule has 2 nitrogen and oxygen atoms in total. The summed E-state index contributed by atoms with van der Waals surface area (Å²) in [6.45, 7) is 9.47. The molecular weight excluding hydrogens is 229 g/mol. The molecule has 0 aromatic heterocycles. The van der Waals surface area contributed by atoms with Gasteiger partial charge >= 0.3 is 0 Å². The van der Waals surface area contributed by atoms with E-state index in [0.717, 1.165) is 12.1 Å². The van der Waals surface area contributed by atoms with Gasteiger partial charge in [-0.2, -0.15) is 0 Å². The topological polar surface area (TPSA) is 32.3 Å². The van der Waals surface area contributed by atoms with E-state index in [9.17, 15) is 9.50 Å². The highest BCUT2D eigenvalue weighted by atomic mass is 19.1. The lowest BCUT2D eigenvalue weighted by Crippen LogP contribution is -2.34.